The first kappa shape index (κ1) is 33.7. The maximum Gasteiger partial charge on any atom is 0.339 e. The summed E-state index contributed by atoms with van der Waals surface area (Å²) in [6, 6.07) is 7.52. The fourth-order valence-corrected chi connectivity index (χ4v) is 5.75. The van der Waals surface area contributed by atoms with Gasteiger partial charge in [-0.1, -0.05) is 37.0 Å². The van der Waals surface area contributed by atoms with Gasteiger partial charge < -0.3 is 29.3 Å². The highest BCUT2D eigenvalue weighted by Crippen LogP contribution is 2.40. The van der Waals surface area contributed by atoms with E-state index in [-0.39, 0.29) is 64.3 Å². The molecule has 0 aliphatic carbocycles. The number of furan rings is 1. The van der Waals surface area contributed by atoms with Gasteiger partial charge in [-0.25, -0.2) is 0 Å². The second-order valence-corrected chi connectivity index (χ2v) is 12.1. The third-order valence-electron chi connectivity index (χ3n) is 7.52. The molecule has 3 aromatic rings. The Morgan fingerprint density at radius 3 is 2.49 bits per heavy atom. The number of carbonyl (C=O) groups is 3. The van der Waals surface area contributed by atoms with Gasteiger partial charge in [-0.05, 0) is 55.5 Å². The predicted molar refractivity (Wildman–Crippen MR) is 165 cm³/mol. The van der Waals surface area contributed by atoms with E-state index in [0.717, 1.165) is 18.5 Å². The van der Waals surface area contributed by atoms with Crippen molar-refractivity contribution in [3.63, 3.8) is 0 Å². The molecule has 6 N–H and O–H groups in total. The van der Waals surface area contributed by atoms with E-state index >= 15 is 0 Å². The van der Waals surface area contributed by atoms with E-state index in [9.17, 15) is 19.5 Å². The molecular weight excluding hydrogens is 625 g/mol. The van der Waals surface area contributed by atoms with Crippen LogP contribution < -0.4 is 31.6 Å². The van der Waals surface area contributed by atoms with Crippen LogP contribution in [0.3, 0.4) is 0 Å². The molecule has 0 spiro atoms. The average Bonchev–Trinajstić information content (AvgIpc) is 3.63. The van der Waals surface area contributed by atoms with Crippen LogP contribution in [0, 0.1) is 5.92 Å². The van der Waals surface area contributed by atoms with Gasteiger partial charge in [-0.15, -0.1) is 0 Å². The molecule has 1 aliphatic rings. The molecule has 0 saturated carbocycles. The zero-order valence-electron chi connectivity index (χ0n) is 25.3. The number of aromatic carboxylic acids is 1. The summed E-state index contributed by atoms with van der Waals surface area (Å²) in [7, 11) is 1.86. The van der Waals surface area contributed by atoms with E-state index in [0.29, 0.717) is 36.5 Å². The summed E-state index contributed by atoms with van der Waals surface area (Å²) in [6.07, 6.45) is 1.97. The minimum atomic E-state index is -1.42. The maximum atomic E-state index is 12.9. The zero-order chi connectivity index (χ0) is 32.8. The quantitative estimate of drug-likeness (QED) is 0.158. The number of aryl methyl sites for hydroxylation is 1. The van der Waals surface area contributed by atoms with Crippen molar-refractivity contribution < 1.29 is 33.6 Å². The molecule has 2 amide bonds. The average molecular weight is 663 g/mol. The molecule has 3 heterocycles. The van der Waals surface area contributed by atoms with Gasteiger partial charge in [-0.3, -0.25) is 30.7 Å². The van der Waals surface area contributed by atoms with Gasteiger partial charge in [0.2, 0.25) is 5.91 Å². The Balaban J connectivity index is 1.34. The van der Waals surface area contributed by atoms with Crippen LogP contribution in [0.2, 0.25) is 10.0 Å². The van der Waals surface area contributed by atoms with E-state index < -0.39 is 12.0 Å². The van der Waals surface area contributed by atoms with E-state index in [1.54, 1.807) is 21.7 Å². The lowest BCUT2D eigenvalue weighted by atomic mass is 9.92. The summed E-state index contributed by atoms with van der Waals surface area (Å²) in [5, 5.41) is 18.7. The van der Waals surface area contributed by atoms with Crippen molar-refractivity contribution in [2.75, 3.05) is 19.6 Å². The molecule has 13 nitrogen and oxygen atoms in total. The molecule has 1 aromatic carbocycles. The summed E-state index contributed by atoms with van der Waals surface area (Å²) in [5.74, 6) is -1.26. The Morgan fingerprint density at radius 1 is 1.16 bits per heavy atom. The number of amides is 2. The Kier molecular flexibility index (Phi) is 11.0. The van der Waals surface area contributed by atoms with Crippen LogP contribution >= 0.6 is 23.2 Å². The van der Waals surface area contributed by atoms with Crippen LogP contribution in [0.15, 0.2) is 34.7 Å². The van der Waals surface area contributed by atoms with Gasteiger partial charge in [0.25, 0.3) is 5.91 Å². The minimum Gasteiger partial charge on any atom is -0.542 e. The van der Waals surface area contributed by atoms with Crippen molar-refractivity contribution in [2.45, 2.75) is 51.7 Å². The number of hydrogen-bond donors (Lipinski definition) is 4. The number of hydrogen-bond acceptors (Lipinski definition) is 7. The Morgan fingerprint density at radius 2 is 1.87 bits per heavy atom. The number of nitrogens with two attached hydrogens (primary N) is 2. The summed E-state index contributed by atoms with van der Waals surface area (Å²) in [6.45, 7) is 4.87. The minimum absolute atomic E-state index is 0.0442. The van der Waals surface area contributed by atoms with Crippen LogP contribution in [-0.4, -0.2) is 64.1 Å². The standard InChI is InChI=1S/C30H37Cl2N7O6/c1-16(2)12-21(36-30(33)34)28(41)35-14-25(40)39-10-8-17(9-11-39)22-13-20(37-38(22)3)19-5-7-23(27(32)26(19)31)44-15-18-4-6-24(45-18)29(42)43/h4-7,13,16-17,21H,8-12,14-15H2,1-3H3,(H,35,41)(H,42,43)(H4,33,34,36). The first-order chi connectivity index (χ1) is 21.3. The maximum absolute atomic E-state index is 12.9. The van der Waals surface area contributed by atoms with E-state index in [2.05, 4.69) is 15.4 Å². The predicted octanol–water partition coefficient (Wildman–Crippen LogP) is 0.520. The van der Waals surface area contributed by atoms with Gasteiger partial charge in [0, 0.05) is 37.3 Å². The third kappa shape index (κ3) is 8.49. The highest BCUT2D eigenvalue weighted by Gasteiger charge is 2.28. The second kappa shape index (κ2) is 14.7. The summed E-state index contributed by atoms with van der Waals surface area (Å²) < 4.78 is 12.7. The summed E-state index contributed by atoms with van der Waals surface area (Å²) >= 11 is 13.1. The molecule has 0 bridgehead atoms. The number of rotatable bonds is 12. The van der Waals surface area contributed by atoms with E-state index in [4.69, 9.17) is 43.8 Å². The molecule has 4 rings (SSSR count). The lowest BCUT2D eigenvalue weighted by molar-refractivity contribution is -0.491. The fourth-order valence-electron chi connectivity index (χ4n) is 5.28. The first-order valence-corrected chi connectivity index (χ1v) is 15.2. The third-order valence-corrected chi connectivity index (χ3v) is 8.38. The summed E-state index contributed by atoms with van der Waals surface area (Å²) in [4.78, 5) is 40.9. The molecular formula is C30H37Cl2N7O6. The van der Waals surface area contributed by atoms with Gasteiger partial charge in [0.15, 0.2) is 6.04 Å². The lowest BCUT2D eigenvalue weighted by Gasteiger charge is -2.32. The number of nitrogens with one attached hydrogen (secondary N) is 2. The molecule has 2 aromatic heterocycles. The molecule has 0 radical (unpaired) electrons. The van der Waals surface area contributed by atoms with Crippen LogP contribution in [-0.2, 0) is 23.2 Å². The first-order valence-electron chi connectivity index (χ1n) is 14.5. The number of carbonyl (C=O) groups excluding carboxylic acids is 3. The molecule has 1 unspecified atom stereocenters. The van der Waals surface area contributed by atoms with E-state index in [1.165, 1.54) is 12.1 Å². The molecule has 242 valence electrons. The Hall–Kier alpha value is -4.23. The Labute approximate surface area is 270 Å². The molecule has 1 aliphatic heterocycles. The molecule has 15 heteroatoms. The number of piperidine rings is 1. The Bertz CT molecular complexity index is 1570. The number of nitrogens with zero attached hydrogens (tertiary/aromatic N) is 3. The van der Waals surface area contributed by atoms with Crippen LogP contribution in [0.1, 0.15) is 61.0 Å². The largest absolute Gasteiger partial charge is 0.542 e. The van der Waals surface area contributed by atoms with Crippen molar-refractivity contribution in [1.29, 1.82) is 0 Å². The number of ether oxygens (including phenoxy) is 1. The molecule has 1 fully saturated rings. The number of guanidine groups is 1. The van der Waals surface area contributed by atoms with Crippen molar-refractivity contribution in [1.82, 2.24) is 20.0 Å². The normalized spacial score (nSPS) is 14.3. The number of halogens is 2. The van der Waals surface area contributed by atoms with E-state index in [1.807, 2.05) is 27.0 Å². The second-order valence-electron chi connectivity index (χ2n) is 11.3. The van der Waals surface area contributed by atoms with Crippen molar-refractivity contribution in [3.8, 4) is 17.0 Å². The number of carboxylic acids is 1. The fraction of sp³-hybridized carbons (Fsp3) is 0.433. The monoisotopic (exact) mass is 661 g/mol. The number of likely N-dealkylation sites (tertiary alicyclic amines) is 1. The number of benzene rings is 1. The zero-order valence-corrected chi connectivity index (χ0v) is 26.8. The highest BCUT2D eigenvalue weighted by atomic mass is 35.5. The topological polar surface area (TPSA) is 196 Å². The highest BCUT2D eigenvalue weighted by molar-refractivity contribution is 6.44. The molecule has 45 heavy (non-hydrogen) atoms. The van der Waals surface area contributed by atoms with Gasteiger partial charge in [0.05, 0.1) is 17.3 Å². The van der Waals surface area contributed by atoms with Crippen LogP contribution in [0.5, 0.6) is 5.75 Å². The van der Waals surface area contributed by atoms with Gasteiger partial charge in [0.1, 0.15) is 34.9 Å². The lowest BCUT2D eigenvalue weighted by Crippen LogP contribution is -2.86. The summed E-state index contributed by atoms with van der Waals surface area (Å²) in [5.41, 5.74) is 13.3. The smallest absolute Gasteiger partial charge is 0.339 e. The van der Waals surface area contributed by atoms with Crippen LogP contribution in [0.25, 0.3) is 11.3 Å². The molecule has 1 atom stereocenters. The van der Waals surface area contributed by atoms with Crippen LogP contribution in [0.4, 0.5) is 0 Å². The SMILES string of the molecule is CC(C)CC([NH+]=C(N)N)C(=O)NCC(=O)N1CCC(c2cc(-c3ccc(OCc4ccc(C(=O)[O-])o4)c(Cl)c3Cl)nn2C)CC1. The molecule has 1 saturated heterocycles. The number of aromatic nitrogens is 2. The number of carboxylic acid groups (broad SMARTS) is 1. The van der Waals surface area contributed by atoms with Crippen molar-refractivity contribution in [2.24, 2.45) is 24.4 Å². The van der Waals surface area contributed by atoms with Crippen molar-refractivity contribution in [3.05, 3.63) is 57.6 Å². The van der Waals surface area contributed by atoms with Gasteiger partial charge in [-0.2, -0.15) is 5.10 Å². The van der Waals surface area contributed by atoms with Gasteiger partial charge >= 0.3 is 5.96 Å². The van der Waals surface area contributed by atoms with Crippen molar-refractivity contribution >= 4 is 46.9 Å².